The average molecular weight is 349 g/mol. The molecular formula is C24H25Cl. The van der Waals surface area contributed by atoms with Crippen molar-refractivity contribution in [1.29, 1.82) is 0 Å². The number of benzene rings is 2. The molecule has 0 aliphatic heterocycles. The van der Waals surface area contributed by atoms with Crippen LogP contribution in [0.3, 0.4) is 0 Å². The first-order valence-electron chi connectivity index (χ1n) is 9.27. The summed E-state index contributed by atoms with van der Waals surface area (Å²) in [5.41, 5.74) is 3.95. The third-order valence-corrected chi connectivity index (χ3v) is 5.40. The summed E-state index contributed by atoms with van der Waals surface area (Å²) in [6, 6.07) is 16.9. The van der Waals surface area contributed by atoms with Crippen LogP contribution in [0.2, 0.25) is 5.02 Å². The van der Waals surface area contributed by atoms with Gasteiger partial charge in [-0.15, -0.1) is 0 Å². The Morgan fingerprint density at radius 3 is 2.28 bits per heavy atom. The molecule has 1 aliphatic carbocycles. The molecule has 0 unspecified atom stereocenters. The van der Waals surface area contributed by atoms with Crippen molar-refractivity contribution in [3.05, 3.63) is 82.4 Å². The highest BCUT2D eigenvalue weighted by atomic mass is 35.5. The molecule has 1 fully saturated rings. The van der Waals surface area contributed by atoms with Gasteiger partial charge in [0.05, 0.1) is 0 Å². The molecule has 0 aromatic heterocycles. The largest absolute Gasteiger partial charge is 0.0843 e. The second-order valence-electron chi connectivity index (χ2n) is 6.84. The molecule has 0 bridgehead atoms. The summed E-state index contributed by atoms with van der Waals surface area (Å²) in [5.74, 6) is 7.72. The second-order valence-corrected chi connectivity index (χ2v) is 7.28. The zero-order valence-corrected chi connectivity index (χ0v) is 15.6. The molecule has 0 spiro atoms. The number of rotatable bonds is 3. The maximum atomic E-state index is 5.88. The van der Waals surface area contributed by atoms with Crippen LogP contribution in [0.1, 0.15) is 55.2 Å². The SMILES string of the molecule is CCc1ccc([C@H]2CC[C@H](/C=C/C#Cc3ccc(Cl)cc3)CC2)cc1. The van der Waals surface area contributed by atoms with Crippen molar-refractivity contribution in [3.8, 4) is 11.8 Å². The summed E-state index contributed by atoms with van der Waals surface area (Å²) >= 11 is 5.88. The molecule has 1 aliphatic rings. The lowest BCUT2D eigenvalue weighted by atomic mass is 9.78. The standard InChI is InChI=1S/C24H25Cl/c1-2-19-7-13-22(14-8-19)23-15-9-20(10-16-23)5-3-4-6-21-11-17-24(25)18-12-21/h3,5,7-8,11-14,17-18,20,23H,2,9-10,15-16H2,1H3/b5-3+/t20-,23-. The van der Waals surface area contributed by atoms with Gasteiger partial charge in [-0.2, -0.15) is 0 Å². The van der Waals surface area contributed by atoms with Crippen molar-refractivity contribution in [1.82, 2.24) is 0 Å². The van der Waals surface area contributed by atoms with Crippen LogP contribution >= 0.6 is 11.6 Å². The monoisotopic (exact) mass is 348 g/mol. The van der Waals surface area contributed by atoms with Crippen molar-refractivity contribution < 1.29 is 0 Å². The molecule has 128 valence electrons. The van der Waals surface area contributed by atoms with Gasteiger partial charge in [0, 0.05) is 10.6 Å². The van der Waals surface area contributed by atoms with E-state index in [1.165, 1.54) is 36.8 Å². The zero-order valence-electron chi connectivity index (χ0n) is 14.8. The zero-order chi connectivity index (χ0) is 17.5. The van der Waals surface area contributed by atoms with Crippen molar-refractivity contribution in [2.45, 2.75) is 44.9 Å². The van der Waals surface area contributed by atoms with Crippen molar-refractivity contribution in [2.75, 3.05) is 0 Å². The third kappa shape index (κ3) is 5.25. The van der Waals surface area contributed by atoms with E-state index in [9.17, 15) is 0 Å². The normalized spacial score (nSPS) is 20.2. The highest BCUT2D eigenvalue weighted by molar-refractivity contribution is 6.30. The molecule has 3 rings (SSSR count). The summed E-state index contributed by atoms with van der Waals surface area (Å²) in [6.07, 6.45) is 10.5. The molecule has 1 saturated carbocycles. The lowest BCUT2D eigenvalue weighted by Crippen LogP contribution is -2.11. The van der Waals surface area contributed by atoms with Gasteiger partial charge in [-0.05, 0) is 85.4 Å². The minimum absolute atomic E-state index is 0.672. The number of hydrogen-bond acceptors (Lipinski definition) is 0. The minimum Gasteiger partial charge on any atom is -0.0843 e. The average Bonchev–Trinajstić information content (AvgIpc) is 2.67. The molecule has 0 amide bonds. The van der Waals surface area contributed by atoms with E-state index >= 15 is 0 Å². The van der Waals surface area contributed by atoms with E-state index in [0.717, 1.165) is 22.9 Å². The molecule has 2 aromatic carbocycles. The Balaban J connectivity index is 1.49. The van der Waals surface area contributed by atoms with Crippen LogP contribution in [0.4, 0.5) is 0 Å². The first-order valence-corrected chi connectivity index (χ1v) is 9.65. The highest BCUT2D eigenvalue weighted by Crippen LogP contribution is 2.36. The fourth-order valence-electron chi connectivity index (χ4n) is 3.51. The molecule has 0 atom stereocenters. The minimum atomic E-state index is 0.672. The number of allylic oxidation sites excluding steroid dienone is 2. The van der Waals surface area contributed by atoms with E-state index in [0.29, 0.717) is 5.92 Å². The molecule has 0 heterocycles. The van der Waals surface area contributed by atoms with Gasteiger partial charge >= 0.3 is 0 Å². The van der Waals surface area contributed by atoms with Crippen molar-refractivity contribution in [3.63, 3.8) is 0 Å². The Labute approximate surface area is 156 Å². The van der Waals surface area contributed by atoms with Gasteiger partial charge in [0.2, 0.25) is 0 Å². The van der Waals surface area contributed by atoms with Crippen LogP contribution in [0.25, 0.3) is 0 Å². The predicted octanol–water partition coefficient (Wildman–Crippen LogP) is 6.78. The fourth-order valence-corrected chi connectivity index (χ4v) is 3.64. The molecule has 1 heteroatoms. The van der Waals surface area contributed by atoms with Crippen LogP contribution in [0.15, 0.2) is 60.7 Å². The molecule has 25 heavy (non-hydrogen) atoms. The fraction of sp³-hybridized carbons (Fsp3) is 0.333. The summed E-state index contributed by atoms with van der Waals surface area (Å²) in [5, 5.41) is 0.752. The lowest BCUT2D eigenvalue weighted by Gasteiger charge is -2.27. The highest BCUT2D eigenvalue weighted by Gasteiger charge is 2.20. The summed E-state index contributed by atoms with van der Waals surface area (Å²) in [6.45, 7) is 2.21. The molecule has 0 radical (unpaired) electrons. The van der Waals surface area contributed by atoms with Gasteiger partial charge in [0.25, 0.3) is 0 Å². The number of hydrogen-bond donors (Lipinski definition) is 0. The van der Waals surface area contributed by atoms with E-state index in [-0.39, 0.29) is 0 Å². The quantitative estimate of drug-likeness (QED) is 0.536. The molecule has 0 N–H and O–H groups in total. The molecule has 0 saturated heterocycles. The Morgan fingerprint density at radius 2 is 1.64 bits per heavy atom. The Kier molecular flexibility index (Phi) is 6.37. The van der Waals surface area contributed by atoms with E-state index in [1.807, 2.05) is 30.3 Å². The molecule has 2 aromatic rings. The van der Waals surface area contributed by atoms with Gasteiger partial charge in [0.15, 0.2) is 0 Å². The molecular weight excluding hydrogens is 324 g/mol. The Hall–Kier alpha value is -1.97. The summed E-state index contributed by atoms with van der Waals surface area (Å²) in [4.78, 5) is 0. The van der Waals surface area contributed by atoms with Gasteiger partial charge in [-0.1, -0.05) is 60.7 Å². The smallest absolute Gasteiger partial charge is 0.0406 e. The molecule has 0 nitrogen and oxygen atoms in total. The van der Waals surface area contributed by atoms with Crippen molar-refractivity contribution >= 4 is 11.6 Å². The topological polar surface area (TPSA) is 0 Å². The Morgan fingerprint density at radius 1 is 0.960 bits per heavy atom. The maximum absolute atomic E-state index is 5.88. The van der Waals surface area contributed by atoms with Crippen LogP contribution in [-0.2, 0) is 6.42 Å². The van der Waals surface area contributed by atoms with Crippen LogP contribution in [0.5, 0.6) is 0 Å². The summed E-state index contributed by atoms with van der Waals surface area (Å²) < 4.78 is 0. The lowest BCUT2D eigenvalue weighted by molar-refractivity contribution is 0.376. The number of halogens is 1. The summed E-state index contributed by atoms with van der Waals surface area (Å²) in [7, 11) is 0. The Bertz CT molecular complexity index is 748. The first kappa shape index (κ1) is 17.8. The van der Waals surface area contributed by atoms with Crippen LogP contribution < -0.4 is 0 Å². The van der Waals surface area contributed by atoms with Gasteiger partial charge in [0.1, 0.15) is 0 Å². The third-order valence-electron chi connectivity index (χ3n) is 5.14. The second kappa shape index (κ2) is 8.93. The maximum Gasteiger partial charge on any atom is 0.0406 e. The van der Waals surface area contributed by atoms with Gasteiger partial charge in [-0.3, -0.25) is 0 Å². The number of aryl methyl sites for hydroxylation is 1. The van der Waals surface area contributed by atoms with E-state index in [1.54, 1.807) is 0 Å². The van der Waals surface area contributed by atoms with E-state index in [2.05, 4.69) is 49.1 Å². The van der Waals surface area contributed by atoms with Crippen LogP contribution in [-0.4, -0.2) is 0 Å². The van der Waals surface area contributed by atoms with Gasteiger partial charge < -0.3 is 0 Å². The first-order chi connectivity index (χ1) is 12.2. The van der Waals surface area contributed by atoms with E-state index < -0.39 is 0 Å². The van der Waals surface area contributed by atoms with Crippen LogP contribution in [0, 0.1) is 17.8 Å². The van der Waals surface area contributed by atoms with E-state index in [4.69, 9.17) is 11.6 Å². The van der Waals surface area contributed by atoms with Crippen molar-refractivity contribution in [2.24, 2.45) is 5.92 Å². The van der Waals surface area contributed by atoms with Gasteiger partial charge in [-0.25, -0.2) is 0 Å². The predicted molar refractivity (Wildman–Crippen MR) is 108 cm³/mol.